The van der Waals surface area contributed by atoms with Crippen molar-refractivity contribution in [1.29, 1.82) is 0 Å². The van der Waals surface area contributed by atoms with Gasteiger partial charge in [0.2, 0.25) is 5.91 Å². The maximum Gasteiger partial charge on any atom is 0.228 e. The van der Waals surface area contributed by atoms with Crippen molar-refractivity contribution in [3.8, 4) is 0 Å². The van der Waals surface area contributed by atoms with E-state index in [0.717, 1.165) is 18.5 Å². The minimum absolute atomic E-state index is 0.0775. The smallest absolute Gasteiger partial charge is 0.228 e. The Labute approximate surface area is 111 Å². The summed E-state index contributed by atoms with van der Waals surface area (Å²) >= 11 is 1.58. The van der Waals surface area contributed by atoms with Crippen molar-refractivity contribution in [3.05, 3.63) is 10.6 Å². The molecule has 1 aliphatic rings. The number of nitrogens with two attached hydrogens (primary N) is 1. The molecule has 0 bridgehead atoms. The molecule has 1 unspecified atom stereocenters. The summed E-state index contributed by atoms with van der Waals surface area (Å²) < 4.78 is 5.36. The van der Waals surface area contributed by atoms with Gasteiger partial charge in [-0.25, -0.2) is 4.98 Å². The number of rotatable bonds is 6. The van der Waals surface area contributed by atoms with Crippen LogP contribution in [0.2, 0.25) is 0 Å². The molecular weight excluding hydrogens is 250 g/mol. The van der Waals surface area contributed by atoms with Crippen LogP contribution in [-0.4, -0.2) is 30.1 Å². The van der Waals surface area contributed by atoms with Gasteiger partial charge in [-0.2, -0.15) is 0 Å². The average Bonchev–Trinajstić information content (AvgIpc) is 2.88. The molecule has 1 heterocycles. The lowest BCUT2D eigenvalue weighted by Crippen LogP contribution is -2.29. The SMILES string of the molecule is CCOC(CN)CC(=O)Nc1nc2c(s1)CCC2. The highest BCUT2D eigenvalue weighted by Crippen LogP contribution is 2.30. The Bertz CT molecular complexity index is 398. The van der Waals surface area contributed by atoms with E-state index in [9.17, 15) is 4.79 Å². The molecule has 1 aromatic rings. The third-order valence-corrected chi connectivity index (χ3v) is 3.99. The Morgan fingerprint density at radius 2 is 2.44 bits per heavy atom. The van der Waals surface area contributed by atoms with Gasteiger partial charge in [0.05, 0.1) is 18.2 Å². The third kappa shape index (κ3) is 3.28. The summed E-state index contributed by atoms with van der Waals surface area (Å²) in [6.07, 6.45) is 3.39. The molecule has 1 amide bonds. The van der Waals surface area contributed by atoms with E-state index >= 15 is 0 Å². The van der Waals surface area contributed by atoms with Crippen LogP contribution in [0.25, 0.3) is 0 Å². The van der Waals surface area contributed by atoms with Gasteiger partial charge in [-0.15, -0.1) is 11.3 Å². The first-order chi connectivity index (χ1) is 8.72. The van der Waals surface area contributed by atoms with E-state index in [0.29, 0.717) is 18.3 Å². The lowest BCUT2D eigenvalue weighted by molar-refractivity contribution is -0.118. The predicted molar refractivity (Wildman–Crippen MR) is 71.9 cm³/mol. The lowest BCUT2D eigenvalue weighted by atomic mass is 10.2. The van der Waals surface area contributed by atoms with Gasteiger partial charge < -0.3 is 15.8 Å². The Hall–Kier alpha value is -0.980. The van der Waals surface area contributed by atoms with Gasteiger partial charge >= 0.3 is 0 Å². The monoisotopic (exact) mass is 269 g/mol. The molecule has 0 saturated carbocycles. The number of thiazole rings is 1. The molecule has 0 spiro atoms. The highest BCUT2D eigenvalue weighted by Gasteiger charge is 2.19. The fourth-order valence-corrected chi connectivity index (χ4v) is 3.13. The molecule has 1 aliphatic carbocycles. The molecule has 0 aliphatic heterocycles. The molecule has 0 fully saturated rings. The number of aromatic nitrogens is 1. The van der Waals surface area contributed by atoms with Crippen molar-refractivity contribution < 1.29 is 9.53 Å². The zero-order valence-corrected chi connectivity index (χ0v) is 11.4. The number of hydrogen-bond donors (Lipinski definition) is 2. The lowest BCUT2D eigenvalue weighted by Gasteiger charge is -2.13. The number of anilines is 1. The van der Waals surface area contributed by atoms with Crippen molar-refractivity contribution in [2.24, 2.45) is 5.73 Å². The van der Waals surface area contributed by atoms with E-state index in [-0.39, 0.29) is 18.4 Å². The van der Waals surface area contributed by atoms with Crippen molar-refractivity contribution >= 4 is 22.4 Å². The maximum absolute atomic E-state index is 11.8. The van der Waals surface area contributed by atoms with Crippen LogP contribution in [0.3, 0.4) is 0 Å². The highest BCUT2D eigenvalue weighted by atomic mass is 32.1. The number of amides is 1. The van der Waals surface area contributed by atoms with Crippen LogP contribution in [0.4, 0.5) is 5.13 Å². The molecule has 18 heavy (non-hydrogen) atoms. The number of carbonyl (C=O) groups is 1. The normalized spacial score (nSPS) is 15.4. The van der Waals surface area contributed by atoms with Crippen LogP contribution in [-0.2, 0) is 22.4 Å². The number of hydrogen-bond acceptors (Lipinski definition) is 5. The van der Waals surface area contributed by atoms with Gasteiger partial charge in [-0.3, -0.25) is 4.79 Å². The molecule has 0 radical (unpaired) electrons. The van der Waals surface area contributed by atoms with Gasteiger partial charge in [0, 0.05) is 18.0 Å². The second-order valence-electron chi connectivity index (χ2n) is 4.31. The zero-order chi connectivity index (χ0) is 13.0. The first-order valence-corrected chi connectivity index (χ1v) is 7.14. The largest absolute Gasteiger partial charge is 0.377 e. The summed E-state index contributed by atoms with van der Waals surface area (Å²) in [6.45, 7) is 2.82. The quantitative estimate of drug-likeness (QED) is 0.816. The zero-order valence-electron chi connectivity index (χ0n) is 10.6. The van der Waals surface area contributed by atoms with Crippen LogP contribution >= 0.6 is 11.3 Å². The molecule has 100 valence electrons. The first-order valence-electron chi connectivity index (χ1n) is 6.33. The van der Waals surface area contributed by atoms with E-state index in [1.807, 2.05) is 6.92 Å². The van der Waals surface area contributed by atoms with Crippen LogP contribution in [0.15, 0.2) is 0 Å². The van der Waals surface area contributed by atoms with Gasteiger partial charge in [0.15, 0.2) is 5.13 Å². The van der Waals surface area contributed by atoms with Crippen LogP contribution < -0.4 is 11.1 Å². The van der Waals surface area contributed by atoms with E-state index in [1.54, 1.807) is 11.3 Å². The number of ether oxygens (including phenoxy) is 1. The van der Waals surface area contributed by atoms with Crippen molar-refractivity contribution in [2.45, 2.75) is 38.7 Å². The fraction of sp³-hybridized carbons (Fsp3) is 0.667. The van der Waals surface area contributed by atoms with Crippen LogP contribution in [0.1, 0.15) is 30.3 Å². The highest BCUT2D eigenvalue weighted by molar-refractivity contribution is 7.15. The minimum atomic E-state index is -0.207. The summed E-state index contributed by atoms with van der Waals surface area (Å²) in [5.41, 5.74) is 6.69. The van der Waals surface area contributed by atoms with Crippen molar-refractivity contribution in [2.75, 3.05) is 18.5 Å². The van der Waals surface area contributed by atoms with Gasteiger partial charge in [0.25, 0.3) is 0 Å². The molecule has 5 nitrogen and oxygen atoms in total. The van der Waals surface area contributed by atoms with Gasteiger partial charge in [-0.1, -0.05) is 0 Å². The topological polar surface area (TPSA) is 77.2 Å². The second kappa shape index (κ2) is 6.26. The van der Waals surface area contributed by atoms with Gasteiger partial charge in [0.1, 0.15) is 0 Å². The van der Waals surface area contributed by atoms with Crippen molar-refractivity contribution in [1.82, 2.24) is 4.98 Å². The number of nitrogens with zero attached hydrogens (tertiary/aromatic N) is 1. The molecule has 1 atom stereocenters. The molecular formula is C12H19N3O2S. The number of carbonyl (C=O) groups excluding carboxylic acids is 1. The molecule has 0 aromatic carbocycles. The predicted octanol–water partition coefficient (Wildman–Crippen LogP) is 1.32. The number of nitrogens with one attached hydrogen (secondary N) is 1. The van der Waals surface area contributed by atoms with Crippen LogP contribution in [0.5, 0.6) is 0 Å². The average molecular weight is 269 g/mol. The maximum atomic E-state index is 11.8. The second-order valence-corrected chi connectivity index (χ2v) is 5.39. The van der Waals surface area contributed by atoms with Gasteiger partial charge in [-0.05, 0) is 26.2 Å². The number of aryl methyl sites for hydroxylation is 2. The molecule has 1 aromatic heterocycles. The Morgan fingerprint density at radius 3 is 3.11 bits per heavy atom. The number of fused-ring (bicyclic) bond motifs is 1. The molecule has 0 saturated heterocycles. The van der Waals surface area contributed by atoms with Crippen LogP contribution in [0, 0.1) is 0 Å². The first kappa shape index (κ1) is 13.5. The Morgan fingerprint density at radius 1 is 1.61 bits per heavy atom. The fourth-order valence-electron chi connectivity index (χ4n) is 2.07. The summed E-state index contributed by atoms with van der Waals surface area (Å²) in [4.78, 5) is 17.5. The third-order valence-electron chi connectivity index (χ3n) is 2.92. The Balaban J connectivity index is 1.86. The standard InChI is InChI=1S/C12H19N3O2S/c1-2-17-8(7-13)6-11(16)15-12-14-9-4-3-5-10(9)18-12/h8H,2-7,13H2,1H3,(H,14,15,16). The summed E-state index contributed by atoms with van der Waals surface area (Å²) in [7, 11) is 0. The molecule has 2 rings (SSSR count). The van der Waals surface area contributed by atoms with E-state index < -0.39 is 0 Å². The molecule has 6 heteroatoms. The van der Waals surface area contributed by atoms with E-state index in [4.69, 9.17) is 10.5 Å². The summed E-state index contributed by atoms with van der Waals surface area (Å²) in [6, 6.07) is 0. The summed E-state index contributed by atoms with van der Waals surface area (Å²) in [5.74, 6) is -0.0775. The van der Waals surface area contributed by atoms with Crippen molar-refractivity contribution in [3.63, 3.8) is 0 Å². The Kier molecular flexibility index (Phi) is 4.68. The van der Waals surface area contributed by atoms with E-state index in [2.05, 4.69) is 10.3 Å². The summed E-state index contributed by atoms with van der Waals surface area (Å²) in [5, 5.41) is 3.53. The molecule has 3 N–H and O–H groups in total. The van der Waals surface area contributed by atoms with E-state index in [1.165, 1.54) is 11.3 Å². The minimum Gasteiger partial charge on any atom is -0.377 e.